The number of aromatic nitrogens is 2. The number of hydroxylamine groups is 2. The van der Waals surface area contributed by atoms with Gasteiger partial charge in [-0.25, -0.2) is 9.18 Å². The first-order valence-electron chi connectivity index (χ1n) is 10.0. The first-order valence-corrected chi connectivity index (χ1v) is 10.4. The molecule has 0 atom stereocenters. The van der Waals surface area contributed by atoms with Crippen LogP contribution in [0.1, 0.15) is 21.6 Å². The third-order valence-corrected chi connectivity index (χ3v) is 5.52. The Bertz CT molecular complexity index is 1310. The smallest absolute Gasteiger partial charge is 0.361 e. The Hall–Kier alpha value is -3.38. The lowest BCUT2D eigenvalue weighted by Gasteiger charge is -2.33. The number of carbonyl (C=O) groups excluding carboxylic acids is 2. The molecule has 1 aliphatic heterocycles. The number of amides is 1. The normalized spacial score (nSPS) is 15.0. The molecular weight excluding hydrogens is 484 g/mol. The highest BCUT2D eigenvalue weighted by atomic mass is 35.5. The van der Waals surface area contributed by atoms with E-state index < -0.39 is 23.9 Å². The zero-order chi connectivity index (χ0) is 24.6. The van der Waals surface area contributed by atoms with Crippen molar-refractivity contribution in [3.05, 3.63) is 74.7 Å². The second kappa shape index (κ2) is 9.11. The average Bonchev–Trinajstić information content (AvgIpc) is 3.19. The predicted octanol–water partition coefficient (Wildman–Crippen LogP) is 2.79. The van der Waals surface area contributed by atoms with Gasteiger partial charge in [0.15, 0.2) is 0 Å². The van der Waals surface area contributed by atoms with Gasteiger partial charge in [-0.05, 0) is 23.8 Å². The van der Waals surface area contributed by atoms with E-state index in [1.165, 1.54) is 29.3 Å². The summed E-state index contributed by atoms with van der Waals surface area (Å²) < 4.78 is 53.1. The van der Waals surface area contributed by atoms with Crippen LogP contribution in [0.4, 0.5) is 17.6 Å². The molecule has 0 radical (unpaired) electrons. The maximum atomic E-state index is 14.5. The first-order chi connectivity index (χ1) is 16.0. The first kappa shape index (κ1) is 23.8. The van der Waals surface area contributed by atoms with Gasteiger partial charge in [-0.3, -0.25) is 9.59 Å². The molecule has 4 rings (SSSR count). The van der Waals surface area contributed by atoms with Crippen molar-refractivity contribution in [2.75, 3.05) is 26.2 Å². The Balaban J connectivity index is 1.48. The van der Waals surface area contributed by atoms with Crippen LogP contribution in [0, 0.1) is 5.82 Å². The van der Waals surface area contributed by atoms with Crippen LogP contribution in [0.15, 0.2) is 41.5 Å². The number of alkyl halides is 3. The van der Waals surface area contributed by atoms with Crippen LogP contribution in [0.3, 0.4) is 0 Å². The molecule has 1 fully saturated rings. The van der Waals surface area contributed by atoms with Gasteiger partial charge in [0.05, 0.1) is 23.7 Å². The second-order valence-corrected chi connectivity index (χ2v) is 8.05. The molecule has 13 heteroatoms. The summed E-state index contributed by atoms with van der Waals surface area (Å²) in [6.45, 7) is -0.427. The van der Waals surface area contributed by atoms with Crippen LogP contribution < -0.4 is 5.56 Å². The van der Waals surface area contributed by atoms with E-state index in [1.54, 1.807) is 10.6 Å². The van der Waals surface area contributed by atoms with Crippen molar-refractivity contribution in [1.29, 1.82) is 0 Å². The molecule has 1 aromatic carbocycles. The van der Waals surface area contributed by atoms with E-state index in [1.807, 2.05) is 0 Å². The van der Waals surface area contributed by atoms with Crippen molar-refractivity contribution in [2.45, 2.75) is 12.6 Å². The molecule has 0 unspecified atom stereocenters. The minimum absolute atomic E-state index is 0.0595. The Kier molecular flexibility index (Phi) is 6.36. The van der Waals surface area contributed by atoms with Crippen molar-refractivity contribution >= 4 is 29.0 Å². The summed E-state index contributed by atoms with van der Waals surface area (Å²) in [7, 11) is 0. The summed E-state index contributed by atoms with van der Waals surface area (Å²) in [5.41, 5.74) is 1.03. The Labute approximate surface area is 194 Å². The van der Waals surface area contributed by atoms with Crippen LogP contribution in [0.2, 0.25) is 5.02 Å². The number of aromatic amines is 1. The number of hydrogen-bond acceptors (Lipinski definition) is 5. The molecule has 2 aromatic heterocycles. The van der Waals surface area contributed by atoms with Crippen molar-refractivity contribution in [3.63, 3.8) is 0 Å². The number of rotatable bonds is 4. The number of halogens is 5. The van der Waals surface area contributed by atoms with E-state index in [-0.39, 0.29) is 43.7 Å². The number of hydrogen-bond donors (Lipinski definition) is 1. The lowest BCUT2D eigenvalue weighted by atomic mass is 10.0. The van der Waals surface area contributed by atoms with Crippen molar-refractivity contribution in [3.8, 4) is 0 Å². The number of piperazine rings is 1. The van der Waals surface area contributed by atoms with Gasteiger partial charge in [0.25, 0.3) is 11.5 Å². The largest absolute Gasteiger partial charge is 0.492 e. The molecule has 180 valence electrons. The Morgan fingerprint density at radius 3 is 2.50 bits per heavy atom. The predicted molar refractivity (Wildman–Crippen MR) is 112 cm³/mol. The summed E-state index contributed by atoms with van der Waals surface area (Å²) in [5.74, 6) is -3.74. The monoisotopic (exact) mass is 500 g/mol. The highest BCUT2D eigenvalue weighted by molar-refractivity contribution is 6.31. The lowest BCUT2D eigenvalue weighted by molar-refractivity contribution is -0.241. The maximum absolute atomic E-state index is 14.5. The molecule has 1 amide bonds. The van der Waals surface area contributed by atoms with Crippen LogP contribution in [0.25, 0.3) is 5.52 Å². The average molecular weight is 501 g/mol. The molecule has 8 nitrogen and oxygen atoms in total. The van der Waals surface area contributed by atoms with Gasteiger partial charge in [0.2, 0.25) is 0 Å². The standard InChI is InChI=1S/C21H17ClF4N4O4/c22-13-9-17-18(31)27-10-14(30(17)11-13)7-12-1-2-16(23)15(8-12)19(32)28-3-5-29(6-4-28)34-20(33)21(24,25)26/h1-2,8-11H,3-7H2,(H,27,31). The molecule has 1 N–H and O–H groups in total. The van der Waals surface area contributed by atoms with Crippen molar-refractivity contribution in [2.24, 2.45) is 0 Å². The van der Waals surface area contributed by atoms with Crippen molar-refractivity contribution < 1.29 is 32.0 Å². The van der Waals surface area contributed by atoms with Crippen LogP contribution in [-0.2, 0) is 16.1 Å². The summed E-state index contributed by atoms with van der Waals surface area (Å²) in [5, 5.41) is 1.18. The maximum Gasteiger partial charge on any atom is 0.492 e. The van der Waals surface area contributed by atoms with E-state index in [4.69, 9.17) is 11.6 Å². The number of benzene rings is 1. The van der Waals surface area contributed by atoms with Gasteiger partial charge in [-0.2, -0.15) is 13.2 Å². The lowest BCUT2D eigenvalue weighted by Crippen LogP contribution is -2.50. The zero-order valence-corrected chi connectivity index (χ0v) is 18.1. The molecule has 1 aliphatic rings. The fourth-order valence-electron chi connectivity index (χ4n) is 3.65. The summed E-state index contributed by atoms with van der Waals surface area (Å²) in [6, 6.07) is 5.54. The van der Waals surface area contributed by atoms with Crippen LogP contribution >= 0.6 is 11.6 Å². The van der Waals surface area contributed by atoms with Gasteiger partial charge in [-0.15, -0.1) is 5.06 Å². The van der Waals surface area contributed by atoms with Crippen LogP contribution in [-0.4, -0.2) is 63.6 Å². The third-order valence-electron chi connectivity index (χ3n) is 5.31. The van der Waals surface area contributed by atoms with Gasteiger partial charge in [0, 0.05) is 37.6 Å². The molecule has 0 saturated carbocycles. The topological polar surface area (TPSA) is 87.1 Å². The number of nitrogens with one attached hydrogen (secondary N) is 1. The molecule has 0 aliphatic carbocycles. The summed E-state index contributed by atoms with van der Waals surface area (Å²) in [4.78, 5) is 43.9. The molecule has 0 spiro atoms. The van der Waals surface area contributed by atoms with E-state index in [0.717, 1.165) is 11.1 Å². The molecule has 34 heavy (non-hydrogen) atoms. The molecular formula is C21H17ClF4N4O4. The van der Waals surface area contributed by atoms with Gasteiger partial charge >= 0.3 is 12.1 Å². The number of carbonyl (C=O) groups is 2. The fraction of sp³-hybridized carbons (Fsp3) is 0.286. The Morgan fingerprint density at radius 1 is 1.12 bits per heavy atom. The molecule has 3 aromatic rings. The van der Waals surface area contributed by atoms with Gasteiger partial charge < -0.3 is 19.1 Å². The number of nitrogens with zero attached hydrogens (tertiary/aromatic N) is 3. The SMILES string of the molecule is O=C(c1cc(Cc2c[nH]c(=O)c3cc(Cl)cn23)ccc1F)N1CCN(OC(=O)C(F)(F)F)CC1. The zero-order valence-electron chi connectivity index (χ0n) is 17.4. The highest BCUT2D eigenvalue weighted by Crippen LogP contribution is 2.21. The molecule has 1 saturated heterocycles. The highest BCUT2D eigenvalue weighted by Gasteiger charge is 2.43. The van der Waals surface area contributed by atoms with E-state index in [2.05, 4.69) is 9.82 Å². The minimum Gasteiger partial charge on any atom is -0.361 e. The minimum atomic E-state index is -5.13. The summed E-state index contributed by atoms with van der Waals surface area (Å²) >= 11 is 6.00. The number of H-pyrrole nitrogens is 1. The number of fused-ring (bicyclic) bond motifs is 1. The molecule has 0 bridgehead atoms. The van der Waals surface area contributed by atoms with Crippen molar-refractivity contribution in [1.82, 2.24) is 19.3 Å². The second-order valence-electron chi connectivity index (χ2n) is 7.61. The third kappa shape index (κ3) is 4.92. The van der Waals surface area contributed by atoms with E-state index >= 15 is 0 Å². The van der Waals surface area contributed by atoms with Gasteiger partial charge in [0.1, 0.15) is 11.3 Å². The molecule has 3 heterocycles. The van der Waals surface area contributed by atoms with Gasteiger partial charge in [-0.1, -0.05) is 17.7 Å². The fourth-order valence-corrected chi connectivity index (χ4v) is 3.85. The summed E-state index contributed by atoms with van der Waals surface area (Å²) in [6.07, 6.45) is -1.81. The van der Waals surface area contributed by atoms with E-state index in [0.29, 0.717) is 21.8 Å². The van der Waals surface area contributed by atoms with E-state index in [9.17, 15) is 31.9 Å². The quantitative estimate of drug-likeness (QED) is 0.557. The Morgan fingerprint density at radius 2 is 1.82 bits per heavy atom. The van der Waals surface area contributed by atoms with Crippen LogP contribution in [0.5, 0.6) is 0 Å².